The Morgan fingerprint density at radius 3 is 2.62 bits per heavy atom. The molecule has 7 heteroatoms. The van der Waals surface area contributed by atoms with Gasteiger partial charge in [-0.3, -0.25) is 4.79 Å². The fraction of sp³-hybridized carbons (Fsp3) is 0.500. The Hall–Kier alpha value is -1.60. The molecule has 2 N–H and O–H groups in total. The summed E-state index contributed by atoms with van der Waals surface area (Å²) < 4.78 is 27.2. The van der Waals surface area contributed by atoms with E-state index < -0.39 is 10.0 Å². The smallest absolute Gasteiger partial charge is 0.242 e. The van der Waals surface area contributed by atoms with Crippen molar-refractivity contribution in [1.29, 1.82) is 0 Å². The van der Waals surface area contributed by atoms with Gasteiger partial charge in [0.25, 0.3) is 0 Å². The van der Waals surface area contributed by atoms with Crippen molar-refractivity contribution in [3.05, 3.63) is 24.3 Å². The van der Waals surface area contributed by atoms with Gasteiger partial charge in [-0.15, -0.1) is 0 Å². The summed E-state index contributed by atoms with van der Waals surface area (Å²) >= 11 is 0. The molecule has 1 fully saturated rings. The maximum absolute atomic E-state index is 12.3. The predicted molar refractivity (Wildman–Crippen MR) is 81.6 cm³/mol. The average Bonchev–Trinajstić information content (AvgIpc) is 3.27. The van der Waals surface area contributed by atoms with Crippen molar-refractivity contribution < 1.29 is 13.2 Å². The van der Waals surface area contributed by atoms with Gasteiger partial charge in [0.2, 0.25) is 15.9 Å². The second-order valence-corrected chi connectivity index (χ2v) is 6.84. The highest BCUT2D eigenvalue weighted by Crippen LogP contribution is 2.25. The fourth-order valence-electron chi connectivity index (χ4n) is 1.81. The number of likely N-dealkylation sites (N-methyl/N-ethyl adjacent to an activating group) is 1. The summed E-state index contributed by atoms with van der Waals surface area (Å²) in [6, 6.07) is 6.68. The minimum Gasteiger partial charge on any atom is -0.375 e. The number of carbonyl (C=O) groups is 1. The van der Waals surface area contributed by atoms with E-state index in [0.29, 0.717) is 12.2 Å². The molecule has 116 valence electrons. The maximum Gasteiger partial charge on any atom is 0.242 e. The van der Waals surface area contributed by atoms with Crippen molar-refractivity contribution in [2.24, 2.45) is 0 Å². The first-order valence-electron chi connectivity index (χ1n) is 7.03. The summed E-state index contributed by atoms with van der Waals surface area (Å²) in [5, 5.41) is 2.92. The second kappa shape index (κ2) is 6.44. The van der Waals surface area contributed by atoms with Crippen LogP contribution < -0.4 is 10.0 Å². The van der Waals surface area contributed by atoms with Crippen LogP contribution in [0.25, 0.3) is 0 Å². The van der Waals surface area contributed by atoms with Crippen LogP contribution in [0.4, 0.5) is 5.69 Å². The van der Waals surface area contributed by atoms with E-state index in [1.54, 1.807) is 36.2 Å². The second-order valence-electron chi connectivity index (χ2n) is 5.15. The van der Waals surface area contributed by atoms with E-state index in [1.807, 2.05) is 6.92 Å². The number of nitrogens with one attached hydrogen (secondary N) is 2. The first kappa shape index (κ1) is 15.8. The molecule has 0 aromatic heterocycles. The van der Waals surface area contributed by atoms with Crippen molar-refractivity contribution in [3.63, 3.8) is 0 Å². The first-order chi connectivity index (χ1) is 9.94. The Morgan fingerprint density at radius 2 is 2.00 bits per heavy atom. The normalized spacial score (nSPS) is 14.8. The highest BCUT2D eigenvalue weighted by atomic mass is 32.2. The lowest BCUT2D eigenvalue weighted by Gasteiger charge is -2.17. The lowest BCUT2D eigenvalue weighted by atomic mass is 10.3. The third-order valence-corrected chi connectivity index (χ3v) is 4.98. The number of amides is 1. The number of rotatable bonds is 7. The van der Waals surface area contributed by atoms with Gasteiger partial charge in [0.15, 0.2) is 0 Å². The SMILES string of the molecule is CCN(C)C(=O)CNc1ccccc1S(=O)(=O)NC1CC1. The molecule has 0 atom stereocenters. The zero-order valence-electron chi connectivity index (χ0n) is 12.3. The molecule has 21 heavy (non-hydrogen) atoms. The maximum atomic E-state index is 12.3. The number of benzene rings is 1. The summed E-state index contributed by atoms with van der Waals surface area (Å²) in [6.07, 6.45) is 1.77. The molecule has 0 aliphatic heterocycles. The van der Waals surface area contributed by atoms with Crippen LogP contribution in [-0.4, -0.2) is 45.4 Å². The van der Waals surface area contributed by atoms with Gasteiger partial charge in [-0.1, -0.05) is 12.1 Å². The molecule has 1 saturated carbocycles. The summed E-state index contributed by atoms with van der Waals surface area (Å²) in [5.74, 6) is -0.0835. The van der Waals surface area contributed by atoms with Crippen molar-refractivity contribution in [2.45, 2.75) is 30.7 Å². The molecule has 1 aliphatic carbocycles. The first-order valence-corrected chi connectivity index (χ1v) is 8.51. The number of hydrogen-bond acceptors (Lipinski definition) is 4. The highest BCUT2D eigenvalue weighted by molar-refractivity contribution is 7.89. The van der Waals surface area contributed by atoms with Gasteiger partial charge < -0.3 is 10.2 Å². The van der Waals surface area contributed by atoms with Crippen molar-refractivity contribution in [2.75, 3.05) is 25.5 Å². The summed E-state index contributed by atoms with van der Waals surface area (Å²) in [5.41, 5.74) is 0.448. The van der Waals surface area contributed by atoms with Crippen LogP contribution in [-0.2, 0) is 14.8 Å². The lowest BCUT2D eigenvalue weighted by molar-refractivity contribution is -0.127. The molecular weight excluding hydrogens is 290 g/mol. The van der Waals surface area contributed by atoms with E-state index in [1.165, 1.54) is 0 Å². The quantitative estimate of drug-likeness (QED) is 0.788. The highest BCUT2D eigenvalue weighted by Gasteiger charge is 2.29. The van der Waals surface area contributed by atoms with Gasteiger partial charge >= 0.3 is 0 Å². The van der Waals surface area contributed by atoms with E-state index in [2.05, 4.69) is 10.0 Å². The van der Waals surface area contributed by atoms with Crippen LogP contribution in [0.1, 0.15) is 19.8 Å². The molecule has 0 heterocycles. The Kier molecular flexibility index (Phi) is 4.84. The molecule has 2 rings (SSSR count). The molecule has 1 aromatic carbocycles. The van der Waals surface area contributed by atoms with Crippen LogP contribution in [0.2, 0.25) is 0 Å². The van der Waals surface area contributed by atoms with Crippen molar-refractivity contribution >= 4 is 21.6 Å². The molecule has 0 bridgehead atoms. The van der Waals surface area contributed by atoms with Crippen LogP contribution >= 0.6 is 0 Å². The number of nitrogens with zero attached hydrogens (tertiary/aromatic N) is 1. The third kappa shape index (κ3) is 4.18. The van der Waals surface area contributed by atoms with Gasteiger partial charge in [0, 0.05) is 19.6 Å². The third-order valence-electron chi connectivity index (χ3n) is 3.41. The van der Waals surface area contributed by atoms with Gasteiger partial charge in [-0.25, -0.2) is 13.1 Å². The monoisotopic (exact) mass is 311 g/mol. The number of carbonyl (C=O) groups excluding carboxylic acids is 1. The summed E-state index contributed by atoms with van der Waals surface area (Å²) in [4.78, 5) is 13.6. The van der Waals surface area contributed by atoms with E-state index >= 15 is 0 Å². The van der Waals surface area contributed by atoms with E-state index in [0.717, 1.165) is 12.8 Å². The number of hydrogen-bond donors (Lipinski definition) is 2. The van der Waals surface area contributed by atoms with E-state index in [-0.39, 0.29) is 23.4 Å². The predicted octanol–water partition coefficient (Wildman–Crippen LogP) is 1.02. The van der Waals surface area contributed by atoms with Crippen LogP contribution in [0.5, 0.6) is 0 Å². The molecule has 1 aliphatic rings. The largest absolute Gasteiger partial charge is 0.375 e. The van der Waals surface area contributed by atoms with Gasteiger partial charge in [-0.05, 0) is 31.9 Å². The zero-order valence-corrected chi connectivity index (χ0v) is 13.1. The lowest BCUT2D eigenvalue weighted by Crippen LogP contribution is -2.32. The Balaban J connectivity index is 2.11. The van der Waals surface area contributed by atoms with E-state index in [9.17, 15) is 13.2 Å². The van der Waals surface area contributed by atoms with Crippen LogP contribution in [0, 0.1) is 0 Å². The fourth-order valence-corrected chi connectivity index (χ4v) is 3.30. The van der Waals surface area contributed by atoms with Crippen LogP contribution in [0.15, 0.2) is 29.2 Å². The molecular formula is C14H21N3O3S. The molecule has 6 nitrogen and oxygen atoms in total. The van der Waals surface area contributed by atoms with Gasteiger partial charge in [0.05, 0.1) is 12.2 Å². The van der Waals surface area contributed by atoms with Gasteiger partial charge in [-0.2, -0.15) is 0 Å². The summed E-state index contributed by atoms with van der Waals surface area (Å²) in [7, 11) is -1.83. The zero-order chi connectivity index (χ0) is 15.5. The molecule has 0 radical (unpaired) electrons. The molecule has 0 saturated heterocycles. The number of sulfonamides is 1. The minimum absolute atomic E-state index is 0.0518. The van der Waals surface area contributed by atoms with Crippen molar-refractivity contribution in [1.82, 2.24) is 9.62 Å². The molecule has 1 amide bonds. The standard InChI is InChI=1S/C14H21N3O3S/c1-3-17(2)14(18)10-15-12-6-4-5-7-13(12)21(19,20)16-11-8-9-11/h4-7,11,15-16H,3,8-10H2,1-2H3. The van der Waals surface area contributed by atoms with Crippen LogP contribution in [0.3, 0.4) is 0 Å². The van der Waals surface area contributed by atoms with Crippen molar-refractivity contribution in [3.8, 4) is 0 Å². The average molecular weight is 311 g/mol. The Morgan fingerprint density at radius 1 is 1.33 bits per heavy atom. The number of anilines is 1. The minimum atomic E-state index is -3.54. The molecule has 0 unspecified atom stereocenters. The van der Waals surface area contributed by atoms with Gasteiger partial charge in [0.1, 0.15) is 4.90 Å². The Labute approximate surface area is 125 Å². The summed E-state index contributed by atoms with van der Waals surface area (Å²) in [6.45, 7) is 2.57. The van der Waals surface area contributed by atoms with E-state index in [4.69, 9.17) is 0 Å². The topological polar surface area (TPSA) is 78.5 Å². The molecule has 0 spiro atoms. The Bertz CT molecular complexity index is 612. The molecule has 1 aromatic rings. The number of para-hydroxylation sites is 1.